The van der Waals surface area contributed by atoms with Crippen molar-refractivity contribution in [2.45, 2.75) is 50.1 Å². The molecule has 0 spiro atoms. The summed E-state index contributed by atoms with van der Waals surface area (Å²) in [5, 5.41) is 67.1. The van der Waals surface area contributed by atoms with Gasteiger partial charge in [-0.15, -0.1) is 5.10 Å². The van der Waals surface area contributed by atoms with Crippen LogP contribution in [-0.2, 0) is 22.7 Å². The second kappa shape index (κ2) is 11.6. The second-order valence-electron chi connectivity index (χ2n) is 9.62. The maximum Gasteiger partial charge on any atom is 0.235 e. The Morgan fingerprint density at radius 3 is 2.46 bits per heavy atom. The third-order valence-electron chi connectivity index (χ3n) is 6.70. The number of Topliss-reactive ketones (excluding diaryl/α,β-unsaturated/α-hetero) is 1. The Hall–Kier alpha value is -4.34. The number of hydrogen-bond donors (Lipinski definition) is 6. The van der Waals surface area contributed by atoms with Crippen LogP contribution in [0.1, 0.15) is 12.1 Å². The Bertz CT molecular complexity index is 1600. The van der Waals surface area contributed by atoms with Crippen molar-refractivity contribution >= 4 is 16.8 Å². The van der Waals surface area contributed by atoms with Crippen LogP contribution in [-0.4, -0.2) is 88.5 Å². The molecule has 0 saturated carbocycles. The summed E-state index contributed by atoms with van der Waals surface area (Å²) in [5.41, 5.74) is 0.305. The maximum atomic E-state index is 12.7. The average molecular weight is 570 g/mol. The summed E-state index contributed by atoms with van der Waals surface area (Å²) >= 11 is 0. The van der Waals surface area contributed by atoms with Crippen LogP contribution in [0.2, 0.25) is 0 Å². The Labute approximate surface area is 231 Å². The molecule has 0 radical (unpaired) electrons. The third-order valence-corrected chi connectivity index (χ3v) is 6.70. The minimum absolute atomic E-state index is 0.0159. The predicted molar refractivity (Wildman–Crippen MR) is 139 cm³/mol. The zero-order valence-electron chi connectivity index (χ0n) is 21.4. The molecule has 1 saturated heterocycles. The van der Waals surface area contributed by atoms with Crippen molar-refractivity contribution in [2.24, 2.45) is 0 Å². The van der Waals surface area contributed by atoms with Crippen molar-refractivity contribution < 1.29 is 49.3 Å². The van der Waals surface area contributed by atoms with Crippen LogP contribution in [0.15, 0.2) is 57.9 Å². The number of aliphatic hydroxyl groups is 4. The van der Waals surface area contributed by atoms with Crippen molar-refractivity contribution in [3.63, 3.8) is 0 Å². The van der Waals surface area contributed by atoms with Crippen LogP contribution in [0.25, 0.3) is 22.3 Å². The molecule has 3 heterocycles. The smallest absolute Gasteiger partial charge is 0.235 e. The lowest BCUT2D eigenvalue weighted by atomic mass is 9.92. The Balaban J connectivity index is 1.23. The first-order chi connectivity index (χ1) is 19.6. The fraction of sp³-hybridized carbons (Fsp3) is 0.333. The highest BCUT2D eigenvalue weighted by molar-refractivity contribution is 5.83. The molecule has 2 aromatic carbocycles. The Kier molecular flexibility index (Phi) is 8.01. The lowest BCUT2D eigenvalue weighted by Gasteiger charge is -2.39. The number of carbonyl (C=O) groups excluding carboxylic acids is 1. The number of benzene rings is 2. The van der Waals surface area contributed by atoms with Crippen LogP contribution >= 0.6 is 0 Å². The maximum absolute atomic E-state index is 12.7. The first-order valence-electron chi connectivity index (χ1n) is 12.6. The van der Waals surface area contributed by atoms with Crippen LogP contribution in [0.3, 0.4) is 0 Å². The number of fused-ring (bicyclic) bond motifs is 1. The minimum Gasteiger partial charge on any atom is -0.508 e. The van der Waals surface area contributed by atoms with Gasteiger partial charge in [-0.05, 0) is 36.4 Å². The average Bonchev–Trinajstić information content (AvgIpc) is 3.41. The standard InChI is InChI=1S/C27H27N3O11/c31-11-21-24(36)25(37)23(35)20(40-21)7-16(33)10-30-9-14(28-29-30)12-39-17-5-6-18-19(8-17)41-27(26(38)22(18)34)13-1-3-15(32)4-2-13/h1-6,8-9,20-21,23-25,31-32,35-38H,7,10-12H2/t20-,21+,23-,24+,25+/m0/s1. The summed E-state index contributed by atoms with van der Waals surface area (Å²) < 4.78 is 18.2. The van der Waals surface area contributed by atoms with E-state index in [0.717, 1.165) is 0 Å². The summed E-state index contributed by atoms with van der Waals surface area (Å²) in [4.78, 5) is 25.2. The monoisotopic (exact) mass is 569 g/mol. The normalized spacial score (nSPS) is 22.6. The van der Waals surface area contributed by atoms with Crippen LogP contribution in [0, 0.1) is 0 Å². The highest BCUT2D eigenvalue weighted by atomic mass is 16.5. The quantitative estimate of drug-likeness (QED) is 0.155. The van der Waals surface area contributed by atoms with Crippen LogP contribution in [0.4, 0.5) is 0 Å². The molecule has 1 fully saturated rings. The lowest BCUT2D eigenvalue weighted by Crippen LogP contribution is -2.58. The number of rotatable bonds is 9. The van der Waals surface area contributed by atoms with E-state index >= 15 is 0 Å². The van der Waals surface area contributed by atoms with Gasteiger partial charge < -0.3 is 44.5 Å². The highest BCUT2D eigenvalue weighted by Gasteiger charge is 2.43. The molecule has 0 unspecified atom stereocenters. The molecule has 1 aliphatic heterocycles. The number of nitrogens with zero attached hydrogens (tertiary/aromatic N) is 3. The number of hydrogen-bond acceptors (Lipinski definition) is 13. The summed E-state index contributed by atoms with van der Waals surface area (Å²) in [5.74, 6) is -0.673. The Morgan fingerprint density at radius 1 is 1.00 bits per heavy atom. The van der Waals surface area contributed by atoms with Crippen LogP contribution < -0.4 is 10.2 Å². The SMILES string of the molecule is O=C(C[C@@H]1O[C@H](CO)[C@@H](O)[C@H](O)[C@H]1O)Cn1cc(COc2ccc3c(=O)c(O)c(-c4ccc(O)cc4)oc3c2)nn1. The summed E-state index contributed by atoms with van der Waals surface area (Å²) in [7, 11) is 0. The second-order valence-corrected chi connectivity index (χ2v) is 9.62. The van der Waals surface area contributed by atoms with Gasteiger partial charge in [0.2, 0.25) is 11.2 Å². The van der Waals surface area contributed by atoms with Gasteiger partial charge in [-0.1, -0.05) is 5.21 Å². The molecule has 216 valence electrons. The van der Waals surface area contributed by atoms with Gasteiger partial charge in [0, 0.05) is 18.1 Å². The summed E-state index contributed by atoms with van der Waals surface area (Å²) in [6, 6.07) is 10.2. The van der Waals surface area contributed by atoms with Crippen molar-refractivity contribution in [3.8, 4) is 28.6 Å². The van der Waals surface area contributed by atoms with E-state index < -0.39 is 54.1 Å². The van der Waals surface area contributed by atoms with Gasteiger partial charge in [-0.3, -0.25) is 9.59 Å². The molecule has 6 N–H and O–H groups in total. The predicted octanol–water partition coefficient (Wildman–Crippen LogP) is -0.157. The van der Waals surface area contributed by atoms with E-state index in [1.54, 1.807) is 0 Å². The molecule has 0 aliphatic carbocycles. The molecular formula is C27H27N3O11. The molecule has 0 bridgehead atoms. The van der Waals surface area contributed by atoms with E-state index in [9.17, 15) is 40.2 Å². The molecule has 0 amide bonds. The number of phenols is 1. The van der Waals surface area contributed by atoms with Gasteiger partial charge in [0.15, 0.2) is 11.5 Å². The van der Waals surface area contributed by atoms with Gasteiger partial charge in [0.25, 0.3) is 0 Å². The van der Waals surface area contributed by atoms with Crippen molar-refractivity contribution in [1.29, 1.82) is 0 Å². The van der Waals surface area contributed by atoms with Crippen molar-refractivity contribution in [3.05, 3.63) is 64.6 Å². The summed E-state index contributed by atoms with van der Waals surface area (Å²) in [6.45, 7) is -0.848. The van der Waals surface area contributed by atoms with Crippen LogP contribution in [0.5, 0.6) is 17.2 Å². The van der Waals surface area contributed by atoms with Crippen molar-refractivity contribution in [1.82, 2.24) is 15.0 Å². The van der Waals surface area contributed by atoms with Crippen molar-refractivity contribution in [2.75, 3.05) is 6.61 Å². The highest BCUT2D eigenvalue weighted by Crippen LogP contribution is 2.32. The molecular weight excluding hydrogens is 542 g/mol. The zero-order chi connectivity index (χ0) is 29.3. The molecule has 2 aromatic heterocycles. The number of phenolic OH excluding ortho intramolecular Hbond substituents is 1. The van der Waals surface area contributed by atoms with Gasteiger partial charge in [-0.25, -0.2) is 4.68 Å². The van der Waals surface area contributed by atoms with E-state index in [4.69, 9.17) is 13.9 Å². The number of carbonyl (C=O) groups is 1. The number of aliphatic hydroxyl groups excluding tert-OH is 4. The number of ketones is 1. The van der Waals surface area contributed by atoms with E-state index in [1.807, 2.05) is 0 Å². The topological polar surface area (TPSA) is 218 Å². The fourth-order valence-electron chi connectivity index (χ4n) is 4.52. The molecule has 4 aromatic rings. The van der Waals surface area contributed by atoms with E-state index in [-0.39, 0.29) is 42.1 Å². The molecule has 41 heavy (non-hydrogen) atoms. The molecule has 14 nitrogen and oxygen atoms in total. The van der Waals surface area contributed by atoms with E-state index in [1.165, 1.54) is 53.3 Å². The minimum atomic E-state index is -1.57. The van der Waals surface area contributed by atoms with E-state index in [2.05, 4.69) is 10.3 Å². The number of aromatic nitrogens is 3. The first kappa shape index (κ1) is 28.2. The summed E-state index contributed by atoms with van der Waals surface area (Å²) in [6.07, 6.45) is -5.62. The Morgan fingerprint density at radius 2 is 1.73 bits per heavy atom. The third kappa shape index (κ3) is 5.91. The molecule has 5 atom stereocenters. The largest absolute Gasteiger partial charge is 0.508 e. The van der Waals surface area contributed by atoms with Gasteiger partial charge in [-0.2, -0.15) is 0 Å². The number of ether oxygens (including phenoxy) is 2. The zero-order valence-corrected chi connectivity index (χ0v) is 21.4. The molecule has 1 aliphatic rings. The fourth-order valence-corrected chi connectivity index (χ4v) is 4.52. The van der Waals surface area contributed by atoms with Gasteiger partial charge >= 0.3 is 0 Å². The molecule has 5 rings (SSSR count). The molecule has 14 heteroatoms. The number of aromatic hydroxyl groups is 2. The lowest BCUT2D eigenvalue weighted by molar-refractivity contribution is -0.229. The van der Waals surface area contributed by atoms with Gasteiger partial charge in [0.05, 0.1) is 24.3 Å². The first-order valence-corrected chi connectivity index (χ1v) is 12.6. The van der Waals surface area contributed by atoms with E-state index in [0.29, 0.717) is 17.0 Å². The van der Waals surface area contributed by atoms with Gasteiger partial charge in [0.1, 0.15) is 60.3 Å².